The van der Waals surface area contributed by atoms with Crippen molar-refractivity contribution < 1.29 is 9.47 Å². The van der Waals surface area contributed by atoms with E-state index in [9.17, 15) is 0 Å². The maximum atomic E-state index is 5.55. The van der Waals surface area contributed by atoms with Crippen LogP contribution >= 0.6 is 0 Å². The minimum absolute atomic E-state index is 0.349. The molecule has 1 aromatic carbocycles. The number of likely N-dealkylation sites (tertiary alicyclic amines) is 1. The summed E-state index contributed by atoms with van der Waals surface area (Å²) in [6, 6.07) is 6.75. The fraction of sp³-hybridized carbons (Fsp3) is 0.625. The highest BCUT2D eigenvalue weighted by atomic mass is 16.7. The standard InChI is InChI=1S/C16H24N2O2/c1-2-8-18-9-6-14(7-10-18)17-11-13-4-3-5-15-16(13)20-12-19-15/h3-5,14,17H,2,6-12H2,1H3. The molecule has 0 aromatic heterocycles. The summed E-state index contributed by atoms with van der Waals surface area (Å²) in [4.78, 5) is 2.56. The van der Waals surface area contributed by atoms with E-state index in [0.717, 1.165) is 18.0 Å². The Morgan fingerprint density at radius 1 is 1.25 bits per heavy atom. The van der Waals surface area contributed by atoms with Crippen LogP contribution in [0.2, 0.25) is 0 Å². The zero-order valence-corrected chi connectivity index (χ0v) is 12.2. The van der Waals surface area contributed by atoms with E-state index >= 15 is 0 Å². The topological polar surface area (TPSA) is 33.7 Å². The third-order valence-electron chi connectivity index (χ3n) is 4.19. The van der Waals surface area contributed by atoms with Gasteiger partial charge in [-0.25, -0.2) is 0 Å². The Bertz CT molecular complexity index is 442. The van der Waals surface area contributed by atoms with E-state index < -0.39 is 0 Å². The van der Waals surface area contributed by atoms with Crippen molar-refractivity contribution in [2.45, 2.75) is 38.8 Å². The van der Waals surface area contributed by atoms with Crippen molar-refractivity contribution in [3.63, 3.8) is 0 Å². The lowest BCUT2D eigenvalue weighted by molar-refractivity contribution is 0.172. The molecule has 4 heteroatoms. The lowest BCUT2D eigenvalue weighted by Gasteiger charge is -2.32. The van der Waals surface area contributed by atoms with Crippen LogP contribution in [0.25, 0.3) is 0 Å². The van der Waals surface area contributed by atoms with E-state index in [-0.39, 0.29) is 0 Å². The van der Waals surface area contributed by atoms with E-state index in [1.807, 2.05) is 12.1 Å². The number of hydrogen-bond acceptors (Lipinski definition) is 4. The molecular formula is C16H24N2O2. The highest BCUT2D eigenvalue weighted by Gasteiger charge is 2.20. The lowest BCUT2D eigenvalue weighted by Crippen LogP contribution is -2.42. The second-order valence-electron chi connectivity index (χ2n) is 5.65. The SMILES string of the molecule is CCCN1CCC(NCc2cccc3c2OCO3)CC1. The molecule has 1 fully saturated rings. The van der Waals surface area contributed by atoms with Gasteiger partial charge in [0.15, 0.2) is 11.5 Å². The fourth-order valence-corrected chi connectivity index (χ4v) is 3.06. The first-order valence-electron chi connectivity index (χ1n) is 7.70. The molecule has 0 spiro atoms. The van der Waals surface area contributed by atoms with Gasteiger partial charge < -0.3 is 19.7 Å². The molecule has 3 rings (SSSR count). The Morgan fingerprint density at radius 3 is 2.90 bits per heavy atom. The number of hydrogen-bond donors (Lipinski definition) is 1. The average Bonchev–Trinajstić information content (AvgIpc) is 2.96. The third kappa shape index (κ3) is 3.07. The maximum Gasteiger partial charge on any atom is 0.231 e. The van der Waals surface area contributed by atoms with Gasteiger partial charge in [-0.15, -0.1) is 0 Å². The molecule has 20 heavy (non-hydrogen) atoms. The van der Waals surface area contributed by atoms with Crippen LogP contribution in [0.1, 0.15) is 31.7 Å². The van der Waals surface area contributed by atoms with Gasteiger partial charge in [0.2, 0.25) is 6.79 Å². The van der Waals surface area contributed by atoms with E-state index in [4.69, 9.17) is 9.47 Å². The number of rotatable bonds is 5. The van der Waals surface area contributed by atoms with Crippen molar-refractivity contribution in [3.05, 3.63) is 23.8 Å². The van der Waals surface area contributed by atoms with Crippen molar-refractivity contribution in [3.8, 4) is 11.5 Å². The van der Waals surface area contributed by atoms with Gasteiger partial charge in [0, 0.05) is 18.2 Å². The zero-order chi connectivity index (χ0) is 13.8. The molecular weight excluding hydrogens is 252 g/mol. The van der Waals surface area contributed by atoms with Gasteiger partial charge in [-0.1, -0.05) is 19.1 Å². The van der Waals surface area contributed by atoms with Gasteiger partial charge in [0.05, 0.1) is 0 Å². The van der Waals surface area contributed by atoms with Gasteiger partial charge in [-0.2, -0.15) is 0 Å². The van der Waals surface area contributed by atoms with Crippen LogP contribution < -0.4 is 14.8 Å². The minimum atomic E-state index is 0.349. The molecule has 0 saturated carbocycles. The van der Waals surface area contributed by atoms with Gasteiger partial charge in [0.1, 0.15) is 0 Å². The molecule has 110 valence electrons. The number of fused-ring (bicyclic) bond motifs is 1. The zero-order valence-electron chi connectivity index (χ0n) is 12.2. The highest BCUT2D eigenvalue weighted by Crippen LogP contribution is 2.35. The van der Waals surface area contributed by atoms with Gasteiger partial charge in [-0.3, -0.25) is 0 Å². The fourth-order valence-electron chi connectivity index (χ4n) is 3.06. The molecule has 0 atom stereocenters. The lowest BCUT2D eigenvalue weighted by atomic mass is 10.0. The molecule has 1 N–H and O–H groups in total. The van der Waals surface area contributed by atoms with Crippen molar-refractivity contribution in [2.24, 2.45) is 0 Å². The van der Waals surface area contributed by atoms with Crippen molar-refractivity contribution >= 4 is 0 Å². The summed E-state index contributed by atoms with van der Waals surface area (Å²) in [5, 5.41) is 3.67. The average molecular weight is 276 g/mol. The van der Waals surface area contributed by atoms with E-state index in [1.54, 1.807) is 0 Å². The summed E-state index contributed by atoms with van der Waals surface area (Å²) < 4.78 is 11.0. The van der Waals surface area contributed by atoms with Crippen LogP contribution in [-0.2, 0) is 6.54 Å². The summed E-state index contributed by atoms with van der Waals surface area (Å²) >= 11 is 0. The first-order valence-corrected chi connectivity index (χ1v) is 7.70. The molecule has 0 aliphatic carbocycles. The number of nitrogens with one attached hydrogen (secondary N) is 1. The van der Waals surface area contributed by atoms with E-state index in [1.165, 1.54) is 44.5 Å². The van der Waals surface area contributed by atoms with Crippen LogP contribution in [0.15, 0.2) is 18.2 Å². The molecule has 0 bridgehead atoms. The molecule has 1 saturated heterocycles. The van der Waals surface area contributed by atoms with Gasteiger partial charge >= 0.3 is 0 Å². The first-order chi connectivity index (χ1) is 9.86. The summed E-state index contributed by atoms with van der Waals surface area (Å²) in [5.41, 5.74) is 1.20. The number of benzene rings is 1. The Hall–Kier alpha value is -1.26. The minimum Gasteiger partial charge on any atom is -0.454 e. The number of ether oxygens (including phenoxy) is 2. The van der Waals surface area contributed by atoms with Crippen molar-refractivity contribution in [1.29, 1.82) is 0 Å². The third-order valence-corrected chi connectivity index (χ3v) is 4.19. The molecule has 0 unspecified atom stereocenters. The smallest absolute Gasteiger partial charge is 0.231 e. The number of piperidine rings is 1. The van der Waals surface area contributed by atoms with Crippen LogP contribution in [0, 0.1) is 0 Å². The molecule has 1 aromatic rings. The van der Waals surface area contributed by atoms with Crippen LogP contribution in [-0.4, -0.2) is 37.4 Å². The van der Waals surface area contributed by atoms with Crippen molar-refractivity contribution in [1.82, 2.24) is 10.2 Å². The van der Waals surface area contributed by atoms with E-state index in [0.29, 0.717) is 12.8 Å². The largest absolute Gasteiger partial charge is 0.454 e. The molecule has 0 amide bonds. The van der Waals surface area contributed by atoms with E-state index in [2.05, 4.69) is 23.2 Å². The number of para-hydroxylation sites is 1. The molecule has 2 aliphatic heterocycles. The monoisotopic (exact) mass is 276 g/mol. The van der Waals surface area contributed by atoms with Crippen LogP contribution in [0.5, 0.6) is 11.5 Å². The van der Waals surface area contributed by atoms with Crippen LogP contribution in [0.3, 0.4) is 0 Å². The molecule has 2 aliphatic rings. The number of nitrogens with zero attached hydrogens (tertiary/aromatic N) is 1. The van der Waals surface area contributed by atoms with Gasteiger partial charge in [-0.05, 0) is 45.0 Å². The second-order valence-corrected chi connectivity index (χ2v) is 5.65. The molecule has 0 radical (unpaired) electrons. The van der Waals surface area contributed by atoms with Crippen LogP contribution in [0.4, 0.5) is 0 Å². The highest BCUT2D eigenvalue weighted by molar-refractivity contribution is 5.48. The predicted molar refractivity (Wildman–Crippen MR) is 79.2 cm³/mol. The Morgan fingerprint density at radius 2 is 2.10 bits per heavy atom. The summed E-state index contributed by atoms with van der Waals surface area (Å²) in [6.45, 7) is 7.15. The molecule has 2 heterocycles. The Balaban J connectivity index is 1.50. The Kier molecular flexibility index (Phi) is 4.43. The van der Waals surface area contributed by atoms with Crippen molar-refractivity contribution in [2.75, 3.05) is 26.4 Å². The quantitative estimate of drug-likeness (QED) is 0.895. The normalized spacial score (nSPS) is 19.4. The summed E-state index contributed by atoms with van der Waals surface area (Å²) in [6.07, 6.45) is 3.74. The molecule has 4 nitrogen and oxygen atoms in total. The van der Waals surface area contributed by atoms with Gasteiger partial charge in [0.25, 0.3) is 0 Å². The second kappa shape index (κ2) is 6.46. The maximum absolute atomic E-state index is 5.55. The summed E-state index contributed by atoms with van der Waals surface area (Å²) in [7, 11) is 0. The summed E-state index contributed by atoms with van der Waals surface area (Å²) in [5.74, 6) is 1.80. The Labute approximate surface area is 121 Å². The predicted octanol–water partition coefficient (Wildman–Crippen LogP) is 2.38. The first kappa shape index (κ1) is 13.7.